The fourth-order valence-electron chi connectivity index (χ4n) is 1.61. The lowest BCUT2D eigenvalue weighted by Crippen LogP contribution is -2.14. The summed E-state index contributed by atoms with van der Waals surface area (Å²) in [6.07, 6.45) is 2.75. The van der Waals surface area contributed by atoms with Crippen molar-refractivity contribution in [3.63, 3.8) is 0 Å². The first-order valence-electron chi connectivity index (χ1n) is 6.30. The highest BCUT2D eigenvalue weighted by Gasteiger charge is 2.05. The minimum Gasteiger partial charge on any atom is -0.472 e. The molecule has 0 bridgehead atoms. The van der Waals surface area contributed by atoms with Crippen LogP contribution in [0.25, 0.3) is 0 Å². The number of aromatic nitrogens is 1. The smallest absolute Gasteiger partial charge is 0.213 e. The van der Waals surface area contributed by atoms with Crippen LogP contribution in [0.5, 0.6) is 5.88 Å². The number of rotatable bonds is 7. The molecule has 3 nitrogen and oxygen atoms in total. The minimum atomic E-state index is 0.550. The largest absolute Gasteiger partial charge is 0.472 e. The Kier molecular flexibility index (Phi) is 5.63. The molecule has 0 aromatic carbocycles. The van der Waals surface area contributed by atoms with Crippen LogP contribution in [0.15, 0.2) is 29.8 Å². The monoisotopic (exact) mass is 296 g/mol. The molecule has 0 aliphatic heterocycles. The van der Waals surface area contributed by atoms with Crippen molar-refractivity contribution in [2.24, 2.45) is 0 Å². The molecule has 2 aromatic heterocycles. The SMILES string of the molecule is CCCNCc1cc(OCc2cccs2)ncc1Cl. The van der Waals surface area contributed by atoms with E-state index in [1.54, 1.807) is 17.5 Å². The molecule has 0 radical (unpaired) electrons. The van der Waals surface area contributed by atoms with E-state index in [-0.39, 0.29) is 0 Å². The summed E-state index contributed by atoms with van der Waals surface area (Å²) < 4.78 is 5.67. The van der Waals surface area contributed by atoms with Crippen molar-refractivity contribution in [2.75, 3.05) is 6.54 Å². The molecule has 19 heavy (non-hydrogen) atoms. The number of nitrogens with zero attached hydrogens (tertiary/aromatic N) is 1. The summed E-state index contributed by atoms with van der Waals surface area (Å²) in [4.78, 5) is 5.37. The highest BCUT2D eigenvalue weighted by Crippen LogP contribution is 2.20. The van der Waals surface area contributed by atoms with Gasteiger partial charge in [-0.05, 0) is 30.0 Å². The van der Waals surface area contributed by atoms with Crippen LogP contribution < -0.4 is 10.1 Å². The number of hydrogen-bond donors (Lipinski definition) is 1. The molecule has 2 heterocycles. The van der Waals surface area contributed by atoms with Crippen molar-refractivity contribution in [1.82, 2.24) is 10.3 Å². The summed E-state index contributed by atoms with van der Waals surface area (Å²) in [6, 6.07) is 5.96. The molecular weight excluding hydrogens is 280 g/mol. The van der Waals surface area contributed by atoms with Gasteiger partial charge in [-0.1, -0.05) is 24.6 Å². The summed E-state index contributed by atoms with van der Waals surface area (Å²) in [6.45, 7) is 4.40. The molecule has 0 spiro atoms. The van der Waals surface area contributed by atoms with Crippen LogP contribution in [0.3, 0.4) is 0 Å². The Morgan fingerprint density at radius 2 is 2.37 bits per heavy atom. The summed E-state index contributed by atoms with van der Waals surface area (Å²) in [7, 11) is 0. The van der Waals surface area contributed by atoms with Crippen LogP contribution >= 0.6 is 22.9 Å². The van der Waals surface area contributed by atoms with E-state index in [0.29, 0.717) is 17.5 Å². The number of pyridine rings is 1. The topological polar surface area (TPSA) is 34.1 Å². The lowest BCUT2D eigenvalue weighted by molar-refractivity contribution is 0.297. The quantitative estimate of drug-likeness (QED) is 0.788. The van der Waals surface area contributed by atoms with Crippen molar-refractivity contribution in [3.05, 3.63) is 45.2 Å². The fraction of sp³-hybridized carbons (Fsp3) is 0.357. The van der Waals surface area contributed by atoms with Crippen LogP contribution in [0.1, 0.15) is 23.8 Å². The van der Waals surface area contributed by atoms with Gasteiger partial charge in [-0.2, -0.15) is 0 Å². The second-order valence-corrected chi connectivity index (χ2v) is 5.60. The third-order valence-electron chi connectivity index (χ3n) is 2.59. The Morgan fingerprint density at radius 3 is 3.11 bits per heavy atom. The average Bonchev–Trinajstić information content (AvgIpc) is 2.93. The molecule has 0 saturated heterocycles. The molecule has 0 saturated carbocycles. The molecule has 0 aliphatic carbocycles. The first-order chi connectivity index (χ1) is 9.29. The normalized spacial score (nSPS) is 10.6. The maximum Gasteiger partial charge on any atom is 0.213 e. The van der Waals surface area contributed by atoms with Gasteiger partial charge in [0.2, 0.25) is 5.88 Å². The van der Waals surface area contributed by atoms with E-state index in [1.165, 1.54) is 4.88 Å². The molecule has 0 unspecified atom stereocenters. The van der Waals surface area contributed by atoms with Gasteiger partial charge in [0.05, 0.1) is 5.02 Å². The third kappa shape index (κ3) is 4.49. The van der Waals surface area contributed by atoms with Crippen LogP contribution in [-0.4, -0.2) is 11.5 Å². The van der Waals surface area contributed by atoms with Crippen LogP contribution in [0.2, 0.25) is 5.02 Å². The Bertz CT molecular complexity index is 502. The maximum atomic E-state index is 6.12. The van der Waals surface area contributed by atoms with Gasteiger partial charge in [-0.25, -0.2) is 4.98 Å². The lowest BCUT2D eigenvalue weighted by atomic mass is 10.2. The van der Waals surface area contributed by atoms with Gasteiger partial charge in [-0.15, -0.1) is 11.3 Å². The van der Waals surface area contributed by atoms with Crippen LogP contribution in [0, 0.1) is 0 Å². The van der Waals surface area contributed by atoms with Gasteiger partial charge in [0.15, 0.2) is 0 Å². The maximum absolute atomic E-state index is 6.12. The molecule has 2 rings (SSSR count). The van der Waals surface area contributed by atoms with Gasteiger partial charge in [-0.3, -0.25) is 0 Å². The van der Waals surface area contributed by atoms with Crippen molar-refractivity contribution >= 4 is 22.9 Å². The highest BCUT2D eigenvalue weighted by atomic mass is 35.5. The number of nitrogens with one attached hydrogen (secondary N) is 1. The molecule has 2 aromatic rings. The van der Waals surface area contributed by atoms with Gasteiger partial charge in [0.1, 0.15) is 6.61 Å². The molecule has 5 heteroatoms. The predicted octanol–water partition coefficient (Wildman–Crippen LogP) is 3.88. The van der Waals surface area contributed by atoms with Gasteiger partial charge in [0.25, 0.3) is 0 Å². The zero-order chi connectivity index (χ0) is 13.5. The second kappa shape index (κ2) is 7.48. The average molecular weight is 297 g/mol. The van der Waals surface area contributed by atoms with Gasteiger partial charge >= 0.3 is 0 Å². The van der Waals surface area contributed by atoms with E-state index in [0.717, 1.165) is 25.1 Å². The zero-order valence-electron chi connectivity index (χ0n) is 10.9. The Hall–Kier alpha value is -1.10. The highest BCUT2D eigenvalue weighted by molar-refractivity contribution is 7.09. The number of ether oxygens (including phenoxy) is 1. The Morgan fingerprint density at radius 1 is 1.47 bits per heavy atom. The summed E-state index contributed by atoms with van der Waals surface area (Å²) in [5.74, 6) is 0.617. The third-order valence-corrected chi connectivity index (χ3v) is 3.78. The van der Waals surface area contributed by atoms with Crippen molar-refractivity contribution < 1.29 is 4.74 Å². The Balaban J connectivity index is 1.95. The predicted molar refractivity (Wildman–Crippen MR) is 79.9 cm³/mol. The van der Waals surface area contributed by atoms with Crippen molar-refractivity contribution in [1.29, 1.82) is 0 Å². The fourth-order valence-corrected chi connectivity index (χ4v) is 2.40. The van der Waals surface area contributed by atoms with E-state index in [9.17, 15) is 0 Å². The first-order valence-corrected chi connectivity index (χ1v) is 7.55. The zero-order valence-corrected chi connectivity index (χ0v) is 12.4. The van der Waals surface area contributed by atoms with E-state index < -0.39 is 0 Å². The van der Waals surface area contributed by atoms with E-state index in [4.69, 9.17) is 16.3 Å². The van der Waals surface area contributed by atoms with Crippen molar-refractivity contribution in [3.8, 4) is 5.88 Å². The number of thiophene rings is 1. The van der Waals surface area contributed by atoms with Gasteiger partial charge < -0.3 is 10.1 Å². The first kappa shape index (κ1) is 14.3. The molecule has 0 fully saturated rings. The lowest BCUT2D eigenvalue weighted by Gasteiger charge is -2.08. The molecule has 0 aliphatic rings. The number of hydrogen-bond acceptors (Lipinski definition) is 4. The molecule has 1 N–H and O–H groups in total. The summed E-state index contributed by atoms with van der Waals surface area (Å²) in [5, 5.41) is 6.03. The molecule has 102 valence electrons. The standard InChI is InChI=1S/C14H17ClN2OS/c1-2-5-16-8-11-7-14(17-9-13(11)15)18-10-12-4-3-6-19-12/h3-4,6-7,9,16H,2,5,8,10H2,1H3. The number of halogens is 1. The minimum absolute atomic E-state index is 0.550. The van der Waals surface area contributed by atoms with E-state index in [2.05, 4.69) is 17.2 Å². The second-order valence-electron chi connectivity index (χ2n) is 4.16. The van der Waals surface area contributed by atoms with Crippen LogP contribution in [-0.2, 0) is 13.2 Å². The van der Waals surface area contributed by atoms with Crippen LogP contribution in [0.4, 0.5) is 0 Å². The summed E-state index contributed by atoms with van der Waals surface area (Å²) in [5.41, 5.74) is 1.02. The molecular formula is C14H17ClN2OS. The van der Waals surface area contributed by atoms with Gasteiger partial charge in [0, 0.05) is 23.7 Å². The molecule has 0 amide bonds. The Labute approximate surface area is 122 Å². The van der Waals surface area contributed by atoms with E-state index in [1.807, 2.05) is 23.6 Å². The van der Waals surface area contributed by atoms with E-state index >= 15 is 0 Å². The molecule has 0 atom stereocenters. The summed E-state index contributed by atoms with van der Waals surface area (Å²) >= 11 is 7.79. The van der Waals surface area contributed by atoms with Crippen molar-refractivity contribution in [2.45, 2.75) is 26.5 Å².